The third-order valence-electron chi connectivity index (χ3n) is 19.6. The van der Waals surface area contributed by atoms with Crippen LogP contribution in [0.15, 0.2) is 328 Å². The van der Waals surface area contributed by atoms with E-state index in [4.69, 9.17) is 13.1 Å². The minimum Gasteiger partial charge on any atom is -0.370 e. The fraction of sp³-hybridized carbons (Fsp3) is 0. The van der Waals surface area contributed by atoms with Crippen LogP contribution in [-0.4, -0.2) is 29.9 Å². The molecule has 0 bridgehead atoms. The number of para-hydroxylation sites is 2. The molecule has 19 rings (SSSR count). The average molecular weight is 1400 g/mol. The molecule has 0 aliphatic carbocycles. The van der Waals surface area contributed by atoms with Crippen molar-refractivity contribution in [3.8, 4) is 57.7 Å². The molecule has 0 N–H and O–H groups in total. The molecule has 19 aromatic rings. The van der Waals surface area contributed by atoms with Crippen LogP contribution in [-0.2, 0) is 0 Å². The molecule has 14 nitrogen and oxygen atoms in total. The lowest BCUT2D eigenvalue weighted by molar-refractivity contribution is 1.17. The van der Waals surface area contributed by atoms with Crippen molar-refractivity contribution in [2.45, 2.75) is 0 Å². The van der Waals surface area contributed by atoms with Gasteiger partial charge in [0.25, 0.3) is 11.6 Å². The molecule has 0 aliphatic heterocycles. The Morgan fingerprint density at radius 1 is 0.236 bits per heavy atom. The molecule has 508 valence electrons. The third-order valence-corrected chi connectivity index (χ3v) is 19.6. The summed E-state index contributed by atoms with van der Waals surface area (Å²) < 4.78 is 0. The van der Waals surface area contributed by atoms with Crippen molar-refractivity contribution in [1.82, 2.24) is 29.9 Å². The first kappa shape index (κ1) is 66.9. The number of hydrogen-bond donors (Lipinski definition) is 0. The van der Waals surface area contributed by atoms with Gasteiger partial charge in [-0.1, -0.05) is 280 Å². The van der Waals surface area contributed by atoms with Crippen LogP contribution in [0.1, 0.15) is 22.8 Å². The zero-order chi connectivity index (χ0) is 74.6. The van der Waals surface area contributed by atoms with Gasteiger partial charge >= 0.3 is 0 Å². The monoisotopic (exact) mass is 1400 g/mol. The zero-order valence-electron chi connectivity index (χ0n) is 58.4. The molecular formula is C96H54N14. The summed E-state index contributed by atoms with van der Waals surface area (Å²) in [6.45, 7) is 14.5. The molecule has 0 unspecified atom stereocenters. The van der Waals surface area contributed by atoms with Crippen LogP contribution in [0.2, 0.25) is 0 Å². The van der Waals surface area contributed by atoms with E-state index in [1.807, 2.05) is 0 Å². The molecule has 0 radical (unpaired) electrons. The highest BCUT2D eigenvalue weighted by Gasteiger charge is 2.28. The molecule has 3 aromatic heterocycles. The molecule has 0 saturated heterocycles. The molecule has 16 aromatic carbocycles. The summed E-state index contributed by atoms with van der Waals surface area (Å²) in [4.78, 5) is 35.8. The van der Waals surface area contributed by atoms with E-state index >= 15 is 0 Å². The Hall–Kier alpha value is -16.4. The van der Waals surface area contributed by atoms with Crippen molar-refractivity contribution in [2.75, 3.05) is 9.80 Å². The second kappa shape index (κ2) is 29.1. The summed E-state index contributed by atoms with van der Waals surface area (Å²) in [6, 6.07) is 125. The van der Waals surface area contributed by atoms with Crippen molar-refractivity contribution in [1.29, 1.82) is 21.0 Å². The minimum atomic E-state index is -0.301. The lowest BCUT2D eigenvalue weighted by atomic mass is 9.84. The van der Waals surface area contributed by atoms with Crippen LogP contribution < -0.4 is 9.80 Å². The first-order chi connectivity index (χ1) is 54.3. The summed E-state index contributed by atoms with van der Waals surface area (Å²) in [5.41, 5.74) is 13.2. The Morgan fingerprint density at radius 3 is 0.791 bits per heavy atom. The Morgan fingerprint density at radius 2 is 0.482 bits per heavy atom. The van der Waals surface area contributed by atoms with Gasteiger partial charge in [-0.25, -0.2) is 19.9 Å². The molecule has 0 amide bonds. The molecular weight excluding hydrogens is 1350 g/mol. The van der Waals surface area contributed by atoms with Crippen molar-refractivity contribution < 1.29 is 0 Å². The molecule has 0 fully saturated rings. The third kappa shape index (κ3) is 12.1. The van der Waals surface area contributed by atoms with Crippen LogP contribution in [0.3, 0.4) is 0 Å². The topological polar surface area (TPSA) is 188 Å². The molecule has 0 saturated carbocycles. The molecule has 110 heavy (non-hydrogen) atoms. The van der Waals surface area contributed by atoms with Gasteiger partial charge < -0.3 is 19.5 Å². The van der Waals surface area contributed by atoms with E-state index in [1.54, 1.807) is 24.3 Å². The maximum atomic E-state index is 9.29. The lowest BCUT2D eigenvalue weighted by Crippen LogP contribution is -2.10. The number of fused-ring (bicyclic) bond motifs is 12. The van der Waals surface area contributed by atoms with Gasteiger partial charge in [0.05, 0.1) is 11.4 Å². The van der Waals surface area contributed by atoms with E-state index in [2.05, 4.69) is 377 Å². The maximum Gasteiger partial charge on any atom is 0.294 e. The highest BCUT2D eigenvalue weighted by Crippen LogP contribution is 2.48. The van der Waals surface area contributed by atoms with E-state index in [-0.39, 0.29) is 67.5 Å². The fourth-order valence-electron chi connectivity index (χ4n) is 14.8. The Bertz CT molecular complexity index is 6450. The number of nitriles is 4. The Balaban J connectivity index is 0.000000124. The first-order valence-electron chi connectivity index (χ1n) is 35.2. The summed E-state index contributed by atoms with van der Waals surface area (Å²) >= 11 is 0. The number of aromatic nitrogens is 6. The van der Waals surface area contributed by atoms with E-state index in [9.17, 15) is 21.0 Å². The van der Waals surface area contributed by atoms with Crippen LogP contribution in [0.4, 0.5) is 45.8 Å². The Labute approximate surface area is 631 Å². The van der Waals surface area contributed by atoms with Gasteiger partial charge in [-0.3, -0.25) is 0 Å². The van der Waals surface area contributed by atoms with E-state index in [0.717, 1.165) is 34.1 Å². The van der Waals surface area contributed by atoms with Crippen LogP contribution in [0.5, 0.6) is 0 Å². The molecule has 0 aliphatic rings. The number of anilines is 6. The normalized spacial score (nSPS) is 10.9. The van der Waals surface area contributed by atoms with Gasteiger partial charge in [0.2, 0.25) is 11.0 Å². The van der Waals surface area contributed by atoms with Gasteiger partial charge in [-0.05, 0) is 148 Å². The first-order valence-corrected chi connectivity index (χ1v) is 35.2. The second-order valence-corrected chi connectivity index (χ2v) is 25.8. The fourth-order valence-corrected chi connectivity index (χ4v) is 14.8. The SMILES string of the molecule is [C-]#[N+]c1nc2c3nc(C#N)c(C#N)nc3c3nc(C#N)c(C#N)nc3c2nc1[N+]#[C-].c1ccc(N(c2ccc(-c3ccc(N(c4ccccc4)c4cccc5ccccc45)cc3)cc2)c2cccc3ccccc23)cc1.c1ccc2c(-c3c4ccccc4c(-c4cccc5ccccc45)c4ccccc34)cccc2c1. The zero-order valence-corrected chi connectivity index (χ0v) is 58.4. The van der Waals surface area contributed by atoms with Crippen molar-refractivity contribution >= 4 is 143 Å². The highest BCUT2D eigenvalue weighted by atomic mass is 15.2. The van der Waals surface area contributed by atoms with E-state index < -0.39 is 0 Å². The quantitative estimate of drug-likeness (QED) is 0.0757. The van der Waals surface area contributed by atoms with Crippen LogP contribution in [0, 0.1) is 58.5 Å². The highest BCUT2D eigenvalue weighted by molar-refractivity contribution is 6.25. The van der Waals surface area contributed by atoms with Crippen molar-refractivity contribution in [3.63, 3.8) is 0 Å². The van der Waals surface area contributed by atoms with Crippen molar-refractivity contribution in [3.05, 3.63) is 373 Å². The number of rotatable bonds is 9. The Kier molecular flexibility index (Phi) is 17.7. The minimum absolute atomic E-state index is 0.00714. The number of benzene rings is 16. The summed E-state index contributed by atoms with van der Waals surface area (Å²) in [7, 11) is 0. The van der Waals surface area contributed by atoms with Crippen LogP contribution >= 0.6 is 0 Å². The summed E-state index contributed by atoms with van der Waals surface area (Å²) in [5, 5.41) is 52.4. The summed E-state index contributed by atoms with van der Waals surface area (Å²) in [5.74, 6) is -0.602. The molecule has 0 atom stereocenters. The molecule has 0 spiro atoms. The number of hydrogen-bond acceptors (Lipinski definition) is 12. The van der Waals surface area contributed by atoms with Gasteiger partial charge in [-0.15, -0.1) is 9.97 Å². The summed E-state index contributed by atoms with van der Waals surface area (Å²) in [6.07, 6.45) is 0. The molecule has 14 heteroatoms. The van der Waals surface area contributed by atoms with Gasteiger partial charge in [0.1, 0.15) is 46.3 Å². The standard InChI is InChI=1S/C44H32N2.C34H22.C18N12/c1-3-17-37(18-4-1)45(43-23-11-15-35-13-7-9-21-41(35)43)39-29-25-33(26-30-39)34-27-31-40(32-28-34)46(38-19-5-2-6-20-38)44-24-12-16-36-14-8-10-22-42(36)44;1-3-15-25-23(11-1)13-9-21-27(25)33-29-17-5-7-19-31(29)34(32-20-8-6-18-30(32)33)28-22-10-14-24-12-2-4-16-26(24)28;1-23-17-18(24-2)30-16-14-12(26-8(4-20)10(6-22)28-14)11-13(15(16)29-17)27-9(5-21)7(3-19)25-11/h1-32H;1-22H;. The predicted octanol–water partition coefficient (Wildman–Crippen LogP) is 24.3. The molecule has 3 heterocycles. The lowest BCUT2D eigenvalue weighted by Gasteiger charge is -2.27. The smallest absolute Gasteiger partial charge is 0.294 e. The van der Waals surface area contributed by atoms with Gasteiger partial charge in [-0.2, -0.15) is 21.0 Å². The maximum absolute atomic E-state index is 9.29. The predicted molar refractivity (Wildman–Crippen MR) is 441 cm³/mol. The van der Waals surface area contributed by atoms with Crippen molar-refractivity contribution in [2.24, 2.45) is 0 Å². The second-order valence-electron chi connectivity index (χ2n) is 25.8. The van der Waals surface area contributed by atoms with E-state index in [1.165, 1.54) is 98.0 Å². The van der Waals surface area contributed by atoms with Gasteiger partial charge in [0.15, 0.2) is 22.8 Å². The van der Waals surface area contributed by atoms with Gasteiger partial charge in [0, 0.05) is 33.5 Å². The number of nitrogens with zero attached hydrogens (tertiary/aromatic N) is 14. The largest absolute Gasteiger partial charge is 0.370 e. The van der Waals surface area contributed by atoms with Crippen LogP contribution in [0.25, 0.3) is 141 Å². The van der Waals surface area contributed by atoms with E-state index in [0.29, 0.717) is 0 Å². The average Bonchev–Trinajstić information content (AvgIpc) is 0.730.